The lowest BCUT2D eigenvalue weighted by molar-refractivity contribution is 0.0169. The maximum Gasteiger partial charge on any atom is 0.226 e. The number of Topliss-reactive ketones (excluding diaryl/α,β-unsaturated/α-hetero) is 1. The van der Waals surface area contributed by atoms with Gasteiger partial charge in [0.05, 0.1) is 0 Å². The molecule has 1 aliphatic rings. The van der Waals surface area contributed by atoms with Crippen molar-refractivity contribution in [2.75, 3.05) is 6.61 Å². The molecule has 2 aromatic rings. The summed E-state index contributed by atoms with van der Waals surface area (Å²) in [7, 11) is 0. The van der Waals surface area contributed by atoms with Gasteiger partial charge in [0, 0.05) is 12.0 Å². The molecule has 0 spiro atoms. The van der Waals surface area contributed by atoms with Gasteiger partial charge in [-0.3, -0.25) is 4.79 Å². The summed E-state index contributed by atoms with van der Waals surface area (Å²) in [5.41, 5.74) is 0.136. The zero-order valence-corrected chi connectivity index (χ0v) is 9.82. The number of ketones is 1. The van der Waals surface area contributed by atoms with Gasteiger partial charge in [-0.05, 0) is 31.4 Å². The van der Waals surface area contributed by atoms with Crippen LogP contribution in [0.3, 0.4) is 0 Å². The summed E-state index contributed by atoms with van der Waals surface area (Å²) in [6.45, 7) is 0.602. The molecule has 4 heteroatoms. The van der Waals surface area contributed by atoms with E-state index in [0.717, 1.165) is 12.8 Å². The van der Waals surface area contributed by atoms with Gasteiger partial charge in [-0.15, -0.1) is 0 Å². The first-order chi connectivity index (χ1) is 8.75. The number of para-hydroxylation sites is 1. The minimum absolute atomic E-state index is 0.136. The quantitative estimate of drug-likeness (QED) is 0.765. The molecule has 1 aromatic heterocycles. The molecule has 0 bridgehead atoms. The first-order valence-electron chi connectivity index (χ1n) is 6.09. The first-order valence-corrected chi connectivity index (χ1v) is 6.09. The van der Waals surface area contributed by atoms with Crippen LogP contribution in [-0.2, 0) is 4.74 Å². The summed E-state index contributed by atoms with van der Waals surface area (Å²) >= 11 is 0. The van der Waals surface area contributed by atoms with Crippen molar-refractivity contribution >= 4 is 16.8 Å². The Morgan fingerprint density at radius 3 is 2.94 bits per heavy atom. The summed E-state index contributed by atoms with van der Waals surface area (Å²) in [6.07, 6.45) is 2.23. The van der Waals surface area contributed by atoms with Crippen molar-refractivity contribution in [3.8, 4) is 0 Å². The molecule has 1 fully saturated rings. The van der Waals surface area contributed by atoms with E-state index in [1.807, 2.05) is 0 Å². The van der Waals surface area contributed by atoms with Crippen LogP contribution in [0.4, 0.5) is 4.39 Å². The highest BCUT2D eigenvalue weighted by atomic mass is 19.1. The fourth-order valence-corrected chi connectivity index (χ4v) is 2.26. The lowest BCUT2D eigenvalue weighted by Gasteiger charge is -2.20. The van der Waals surface area contributed by atoms with Gasteiger partial charge in [0.2, 0.25) is 5.78 Å². The van der Waals surface area contributed by atoms with Crippen molar-refractivity contribution in [3.05, 3.63) is 35.8 Å². The lowest BCUT2D eigenvalue weighted by Crippen LogP contribution is -2.27. The van der Waals surface area contributed by atoms with E-state index in [4.69, 9.17) is 9.15 Å². The van der Waals surface area contributed by atoms with Gasteiger partial charge in [-0.2, -0.15) is 0 Å². The number of ether oxygens (including phenoxy) is 1. The van der Waals surface area contributed by atoms with Crippen LogP contribution >= 0.6 is 0 Å². The molecule has 3 rings (SSSR count). The topological polar surface area (TPSA) is 39.4 Å². The van der Waals surface area contributed by atoms with Crippen LogP contribution in [0.1, 0.15) is 29.8 Å². The van der Waals surface area contributed by atoms with Crippen LogP contribution in [-0.4, -0.2) is 18.5 Å². The Labute approximate surface area is 104 Å². The van der Waals surface area contributed by atoms with E-state index >= 15 is 0 Å². The SMILES string of the molecule is O=C(c1cc2cccc(F)c2o1)C1CCCCO1. The minimum Gasteiger partial charge on any atom is -0.450 e. The highest BCUT2D eigenvalue weighted by Crippen LogP contribution is 2.25. The number of halogens is 1. The highest BCUT2D eigenvalue weighted by Gasteiger charge is 2.26. The third-order valence-electron chi connectivity index (χ3n) is 3.21. The van der Waals surface area contributed by atoms with Crippen molar-refractivity contribution in [1.82, 2.24) is 0 Å². The predicted molar refractivity (Wildman–Crippen MR) is 64.1 cm³/mol. The molecule has 94 valence electrons. The van der Waals surface area contributed by atoms with Crippen molar-refractivity contribution in [3.63, 3.8) is 0 Å². The molecule has 0 aliphatic carbocycles. The van der Waals surface area contributed by atoms with Crippen molar-refractivity contribution in [2.24, 2.45) is 0 Å². The third-order valence-corrected chi connectivity index (χ3v) is 3.21. The average molecular weight is 248 g/mol. The first kappa shape index (κ1) is 11.4. The van der Waals surface area contributed by atoms with Crippen LogP contribution in [0.2, 0.25) is 0 Å². The summed E-state index contributed by atoms with van der Waals surface area (Å²) in [6, 6.07) is 6.22. The van der Waals surface area contributed by atoms with Crippen LogP contribution in [0.15, 0.2) is 28.7 Å². The van der Waals surface area contributed by atoms with Crippen LogP contribution in [0.5, 0.6) is 0 Å². The van der Waals surface area contributed by atoms with Crippen LogP contribution in [0.25, 0.3) is 11.0 Å². The standard InChI is InChI=1S/C14H13FO3/c15-10-5-3-4-9-8-12(18-14(9)10)13(16)11-6-1-2-7-17-11/h3-5,8,11H,1-2,6-7H2. The Morgan fingerprint density at radius 2 is 2.22 bits per heavy atom. The van der Waals surface area contributed by atoms with Gasteiger partial charge in [0.15, 0.2) is 17.2 Å². The Morgan fingerprint density at radius 1 is 1.33 bits per heavy atom. The van der Waals surface area contributed by atoms with Crippen LogP contribution in [0, 0.1) is 5.82 Å². The Bertz CT molecular complexity index is 582. The highest BCUT2D eigenvalue weighted by molar-refractivity contribution is 6.00. The summed E-state index contributed by atoms with van der Waals surface area (Å²) in [5, 5.41) is 0.606. The monoisotopic (exact) mass is 248 g/mol. The molecule has 3 nitrogen and oxygen atoms in total. The molecule has 18 heavy (non-hydrogen) atoms. The van der Waals surface area contributed by atoms with E-state index in [2.05, 4.69) is 0 Å². The summed E-state index contributed by atoms with van der Waals surface area (Å²) < 4.78 is 24.2. The van der Waals surface area contributed by atoms with Gasteiger partial charge in [0.25, 0.3) is 0 Å². The molecule has 0 amide bonds. The largest absolute Gasteiger partial charge is 0.450 e. The smallest absolute Gasteiger partial charge is 0.226 e. The average Bonchev–Trinajstić information content (AvgIpc) is 2.84. The van der Waals surface area contributed by atoms with Gasteiger partial charge in [0.1, 0.15) is 6.10 Å². The molecule has 1 saturated heterocycles. The molecule has 0 saturated carbocycles. The van der Waals surface area contributed by atoms with Crippen molar-refractivity contribution in [1.29, 1.82) is 0 Å². The third kappa shape index (κ3) is 1.93. The van der Waals surface area contributed by atoms with Gasteiger partial charge < -0.3 is 9.15 Å². The number of hydrogen-bond donors (Lipinski definition) is 0. The van der Waals surface area contributed by atoms with E-state index in [9.17, 15) is 9.18 Å². The van der Waals surface area contributed by atoms with Crippen molar-refractivity contribution < 1.29 is 18.3 Å². The maximum absolute atomic E-state index is 13.5. The Balaban J connectivity index is 1.94. The van der Waals surface area contributed by atoms with Gasteiger partial charge >= 0.3 is 0 Å². The van der Waals surface area contributed by atoms with E-state index in [-0.39, 0.29) is 17.1 Å². The second kappa shape index (κ2) is 4.53. The fourth-order valence-electron chi connectivity index (χ4n) is 2.26. The molecule has 1 unspecified atom stereocenters. The van der Waals surface area contributed by atoms with E-state index in [1.165, 1.54) is 6.07 Å². The number of furan rings is 1. The molecular formula is C14H13FO3. The molecule has 0 N–H and O–H groups in total. The molecule has 1 atom stereocenters. The van der Waals surface area contributed by atoms with E-state index in [0.29, 0.717) is 18.4 Å². The van der Waals surface area contributed by atoms with E-state index in [1.54, 1.807) is 18.2 Å². The van der Waals surface area contributed by atoms with Gasteiger partial charge in [-0.1, -0.05) is 12.1 Å². The number of hydrogen-bond acceptors (Lipinski definition) is 3. The number of fused-ring (bicyclic) bond motifs is 1. The summed E-state index contributed by atoms with van der Waals surface area (Å²) in [4.78, 5) is 12.1. The molecule has 2 heterocycles. The molecule has 0 radical (unpaired) electrons. The second-order valence-electron chi connectivity index (χ2n) is 4.49. The van der Waals surface area contributed by atoms with Crippen LogP contribution < -0.4 is 0 Å². The minimum atomic E-state index is -0.448. The Hall–Kier alpha value is -1.68. The normalized spacial score (nSPS) is 20.2. The molecular weight excluding hydrogens is 235 g/mol. The number of rotatable bonds is 2. The van der Waals surface area contributed by atoms with Crippen molar-refractivity contribution in [2.45, 2.75) is 25.4 Å². The predicted octanol–water partition coefficient (Wildman–Crippen LogP) is 3.32. The number of carbonyl (C=O) groups is 1. The molecule has 1 aromatic carbocycles. The second-order valence-corrected chi connectivity index (χ2v) is 4.49. The fraction of sp³-hybridized carbons (Fsp3) is 0.357. The van der Waals surface area contributed by atoms with Gasteiger partial charge in [-0.25, -0.2) is 4.39 Å². The molecule has 1 aliphatic heterocycles. The number of carbonyl (C=O) groups excluding carboxylic acids is 1. The Kier molecular flexibility index (Phi) is 2.88. The number of benzene rings is 1. The zero-order chi connectivity index (χ0) is 12.5. The van der Waals surface area contributed by atoms with E-state index < -0.39 is 11.9 Å². The summed E-state index contributed by atoms with van der Waals surface area (Å²) in [5.74, 6) is -0.455. The lowest BCUT2D eigenvalue weighted by atomic mass is 10.0. The maximum atomic E-state index is 13.5. The zero-order valence-electron chi connectivity index (χ0n) is 9.82.